The molecular formula is C16H17ClN2O. The van der Waals surface area contributed by atoms with Crippen molar-refractivity contribution in [3.8, 4) is 0 Å². The fourth-order valence-electron chi connectivity index (χ4n) is 2.09. The second kappa shape index (κ2) is 6.44. The number of nitrogens with one attached hydrogen (secondary N) is 1. The van der Waals surface area contributed by atoms with E-state index in [0.717, 1.165) is 24.1 Å². The molecule has 0 aliphatic carbocycles. The Morgan fingerprint density at radius 2 is 1.95 bits per heavy atom. The molecule has 20 heavy (non-hydrogen) atoms. The van der Waals surface area contributed by atoms with Gasteiger partial charge in [0.15, 0.2) is 0 Å². The summed E-state index contributed by atoms with van der Waals surface area (Å²) in [6.45, 7) is 2.10. The lowest BCUT2D eigenvalue weighted by atomic mass is 10.1. The summed E-state index contributed by atoms with van der Waals surface area (Å²) >= 11 is 6.05. The molecule has 0 aliphatic heterocycles. The predicted octanol–water partition coefficient (Wildman–Crippen LogP) is 4.13. The van der Waals surface area contributed by atoms with Gasteiger partial charge >= 0.3 is 0 Å². The van der Waals surface area contributed by atoms with E-state index in [1.54, 1.807) is 18.2 Å². The Balaban J connectivity index is 2.28. The van der Waals surface area contributed by atoms with Gasteiger partial charge in [-0.1, -0.05) is 49.2 Å². The maximum absolute atomic E-state index is 12.3. The Hall–Kier alpha value is -2.00. The van der Waals surface area contributed by atoms with Gasteiger partial charge in [-0.3, -0.25) is 4.79 Å². The lowest BCUT2D eigenvalue weighted by Gasteiger charge is -2.12. The normalized spacial score (nSPS) is 10.3. The zero-order valence-electron chi connectivity index (χ0n) is 11.3. The van der Waals surface area contributed by atoms with Gasteiger partial charge in [-0.2, -0.15) is 0 Å². The number of rotatable bonds is 4. The van der Waals surface area contributed by atoms with Gasteiger partial charge in [0.2, 0.25) is 0 Å². The van der Waals surface area contributed by atoms with Crippen molar-refractivity contribution in [1.29, 1.82) is 0 Å². The number of benzene rings is 2. The number of amides is 1. The van der Waals surface area contributed by atoms with Crippen LogP contribution in [-0.2, 0) is 6.42 Å². The van der Waals surface area contributed by atoms with Crippen molar-refractivity contribution in [1.82, 2.24) is 0 Å². The Morgan fingerprint density at radius 1 is 1.20 bits per heavy atom. The molecular weight excluding hydrogens is 272 g/mol. The number of nitrogens with two attached hydrogens (primary N) is 1. The zero-order chi connectivity index (χ0) is 14.5. The molecule has 1 amide bonds. The van der Waals surface area contributed by atoms with Crippen LogP contribution in [0.2, 0.25) is 5.02 Å². The third-order valence-corrected chi connectivity index (χ3v) is 3.37. The quantitative estimate of drug-likeness (QED) is 0.831. The second-order valence-electron chi connectivity index (χ2n) is 4.57. The van der Waals surface area contributed by atoms with Crippen LogP contribution in [0, 0.1) is 0 Å². The maximum Gasteiger partial charge on any atom is 0.259 e. The molecule has 2 aromatic carbocycles. The molecule has 0 fully saturated rings. The topological polar surface area (TPSA) is 55.1 Å². The molecule has 0 bridgehead atoms. The van der Waals surface area contributed by atoms with Gasteiger partial charge < -0.3 is 11.1 Å². The van der Waals surface area contributed by atoms with Crippen molar-refractivity contribution < 1.29 is 4.79 Å². The van der Waals surface area contributed by atoms with Crippen LogP contribution in [0.15, 0.2) is 42.5 Å². The molecule has 2 aromatic rings. The predicted molar refractivity (Wildman–Crippen MR) is 84.3 cm³/mol. The van der Waals surface area contributed by atoms with E-state index in [9.17, 15) is 4.79 Å². The molecule has 0 atom stereocenters. The highest BCUT2D eigenvalue weighted by molar-refractivity contribution is 6.35. The molecule has 0 unspecified atom stereocenters. The molecule has 104 valence electrons. The largest absolute Gasteiger partial charge is 0.398 e. The van der Waals surface area contributed by atoms with Crippen LogP contribution in [-0.4, -0.2) is 5.91 Å². The first-order valence-electron chi connectivity index (χ1n) is 6.56. The summed E-state index contributed by atoms with van der Waals surface area (Å²) in [6.07, 6.45) is 1.93. The van der Waals surface area contributed by atoms with Crippen LogP contribution in [0.4, 0.5) is 11.4 Å². The number of anilines is 2. The molecule has 4 heteroatoms. The van der Waals surface area contributed by atoms with Gasteiger partial charge in [0.1, 0.15) is 0 Å². The third kappa shape index (κ3) is 3.11. The van der Waals surface area contributed by atoms with E-state index in [0.29, 0.717) is 16.3 Å². The summed E-state index contributed by atoms with van der Waals surface area (Å²) in [5, 5.41) is 3.25. The van der Waals surface area contributed by atoms with Crippen molar-refractivity contribution in [2.75, 3.05) is 11.1 Å². The average molecular weight is 289 g/mol. The minimum atomic E-state index is -0.281. The Bertz CT molecular complexity index is 605. The van der Waals surface area contributed by atoms with Gasteiger partial charge in [0.05, 0.1) is 10.6 Å². The minimum Gasteiger partial charge on any atom is -0.398 e. The third-order valence-electron chi connectivity index (χ3n) is 3.06. The molecule has 0 heterocycles. The van der Waals surface area contributed by atoms with E-state index in [1.807, 2.05) is 24.3 Å². The van der Waals surface area contributed by atoms with E-state index in [4.69, 9.17) is 17.3 Å². The average Bonchev–Trinajstić information content (AvgIpc) is 2.41. The van der Waals surface area contributed by atoms with E-state index < -0.39 is 0 Å². The monoisotopic (exact) mass is 288 g/mol. The molecule has 0 aromatic heterocycles. The highest BCUT2D eigenvalue weighted by atomic mass is 35.5. The first-order valence-corrected chi connectivity index (χ1v) is 6.94. The lowest BCUT2D eigenvalue weighted by molar-refractivity contribution is 0.102. The number of halogens is 1. The van der Waals surface area contributed by atoms with Crippen LogP contribution in [0.25, 0.3) is 0 Å². The first kappa shape index (κ1) is 14.4. The van der Waals surface area contributed by atoms with E-state index in [2.05, 4.69) is 12.2 Å². The molecule has 3 N–H and O–H groups in total. The molecule has 0 aliphatic rings. The van der Waals surface area contributed by atoms with E-state index >= 15 is 0 Å². The van der Waals surface area contributed by atoms with Crippen molar-refractivity contribution >= 4 is 28.9 Å². The fraction of sp³-hybridized carbons (Fsp3) is 0.188. The second-order valence-corrected chi connectivity index (χ2v) is 4.97. The van der Waals surface area contributed by atoms with Crippen LogP contribution >= 0.6 is 11.6 Å². The number of carbonyl (C=O) groups is 1. The van der Waals surface area contributed by atoms with Crippen LogP contribution in [0.3, 0.4) is 0 Å². The van der Waals surface area contributed by atoms with Crippen molar-refractivity contribution in [2.24, 2.45) is 0 Å². The van der Waals surface area contributed by atoms with Gasteiger partial charge in [-0.15, -0.1) is 0 Å². The summed E-state index contributed by atoms with van der Waals surface area (Å²) in [5.41, 5.74) is 8.43. The van der Waals surface area contributed by atoms with E-state index in [-0.39, 0.29) is 5.91 Å². The van der Waals surface area contributed by atoms with Crippen molar-refractivity contribution in [3.05, 3.63) is 58.6 Å². The zero-order valence-corrected chi connectivity index (χ0v) is 12.1. The summed E-state index contributed by atoms with van der Waals surface area (Å²) in [5.74, 6) is -0.281. The number of para-hydroxylation sites is 1. The van der Waals surface area contributed by atoms with Gasteiger partial charge in [0, 0.05) is 11.4 Å². The smallest absolute Gasteiger partial charge is 0.259 e. The maximum atomic E-state index is 12.3. The van der Waals surface area contributed by atoms with Crippen LogP contribution in [0.5, 0.6) is 0 Å². The Labute approximate surface area is 123 Å². The van der Waals surface area contributed by atoms with Gasteiger partial charge in [-0.25, -0.2) is 0 Å². The number of aryl methyl sites for hydroxylation is 1. The number of carbonyl (C=O) groups excluding carboxylic acids is 1. The summed E-state index contributed by atoms with van der Waals surface area (Å²) < 4.78 is 0. The molecule has 0 saturated heterocycles. The Morgan fingerprint density at radius 3 is 2.65 bits per heavy atom. The van der Waals surface area contributed by atoms with Gasteiger partial charge in [0.25, 0.3) is 5.91 Å². The van der Waals surface area contributed by atoms with Crippen LogP contribution in [0.1, 0.15) is 29.3 Å². The number of nitrogen functional groups attached to an aromatic ring is 1. The highest BCUT2D eigenvalue weighted by Gasteiger charge is 2.15. The first-order chi connectivity index (χ1) is 9.63. The van der Waals surface area contributed by atoms with Gasteiger partial charge in [-0.05, 0) is 30.2 Å². The molecule has 0 saturated carbocycles. The molecule has 3 nitrogen and oxygen atoms in total. The fourth-order valence-corrected chi connectivity index (χ4v) is 2.36. The van der Waals surface area contributed by atoms with Crippen LogP contribution < -0.4 is 11.1 Å². The molecule has 2 rings (SSSR count). The summed E-state index contributed by atoms with van der Waals surface area (Å²) in [6, 6.07) is 12.8. The number of hydrogen-bond acceptors (Lipinski definition) is 2. The number of hydrogen-bond donors (Lipinski definition) is 2. The molecule has 0 spiro atoms. The summed E-state index contributed by atoms with van der Waals surface area (Å²) in [4.78, 5) is 12.3. The SMILES string of the molecule is CCCc1ccccc1NC(=O)c1c(N)cccc1Cl. The standard InChI is InChI=1S/C16H17ClN2O/c1-2-6-11-7-3-4-10-14(11)19-16(20)15-12(17)8-5-9-13(15)18/h3-5,7-10H,2,6,18H2,1H3,(H,19,20). The van der Waals surface area contributed by atoms with Crippen molar-refractivity contribution in [3.63, 3.8) is 0 Å². The highest BCUT2D eigenvalue weighted by Crippen LogP contribution is 2.24. The summed E-state index contributed by atoms with van der Waals surface area (Å²) in [7, 11) is 0. The minimum absolute atomic E-state index is 0.281. The van der Waals surface area contributed by atoms with Crippen molar-refractivity contribution in [2.45, 2.75) is 19.8 Å². The Kier molecular flexibility index (Phi) is 4.64. The van der Waals surface area contributed by atoms with E-state index in [1.165, 1.54) is 0 Å². The lowest BCUT2D eigenvalue weighted by Crippen LogP contribution is -2.15. The molecule has 0 radical (unpaired) electrons.